The molecule has 0 saturated carbocycles. The summed E-state index contributed by atoms with van der Waals surface area (Å²) in [5, 5.41) is 2.86. The summed E-state index contributed by atoms with van der Waals surface area (Å²) in [5.41, 5.74) is 2.39. The summed E-state index contributed by atoms with van der Waals surface area (Å²) in [6.45, 7) is 7.45. The monoisotopic (exact) mass is 334 g/mol. The summed E-state index contributed by atoms with van der Waals surface area (Å²) in [4.78, 5) is 26.4. The van der Waals surface area contributed by atoms with E-state index in [1.165, 1.54) is 11.1 Å². The Hall–Kier alpha value is -1.49. The van der Waals surface area contributed by atoms with Crippen molar-refractivity contribution in [3.05, 3.63) is 35.4 Å². The second-order valence-corrected chi connectivity index (χ2v) is 7.41. The van der Waals surface area contributed by atoms with Crippen LogP contribution in [0.4, 0.5) is 0 Å². The molecule has 23 heavy (non-hydrogen) atoms. The predicted octanol–water partition coefficient (Wildman–Crippen LogP) is 2.57. The number of nitrogens with one attached hydrogen (secondary N) is 1. The summed E-state index contributed by atoms with van der Waals surface area (Å²) in [6, 6.07) is 7.67. The average molecular weight is 334 g/mol. The van der Waals surface area contributed by atoms with Gasteiger partial charge in [-0.1, -0.05) is 31.2 Å². The number of aryl methyl sites for hydroxylation is 1. The fraction of sp³-hybridized carbons (Fsp3) is 0.556. The molecule has 1 N–H and O–H groups in total. The van der Waals surface area contributed by atoms with E-state index in [1.54, 1.807) is 6.92 Å². The number of amides is 2. The molecule has 1 aromatic rings. The van der Waals surface area contributed by atoms with E-state index in [0.717, 1.165) is 24.6 Å². The smallest absolute Gasteiger partial charge is 0.244 e. The highest BCUT2D eigenvalue weighted by atomic mass is 32.2. The van der Waals surface area contributed by atoms with Gasteiger partial charge in [-0.2, -0.15) is 11.8 Å². The number of benzene rings is 1. The van der Waals surface area contributed by atoms with E-state index in [1.807, 2.05) is 28.8 Å². The summed E-state index contributed by atoms with van der Waals surface area (Å²) in [6.07, 6.45) is 0.401. The largest absolute Gasteiger partial charge is 0.345 e. The molecule has 1 aromatic carbocycles. The topological polar surface area (TPSA) is 49.4 Å². The normalized spacial score (nSPS) is 17.4. The van der Waals surface area contributed by atoms with Crippen LogP contribution in [0.25, 0.3) is 0 Å². The molecule has 2 amide bonds. The van der Waals surface area contributed by atoms with E-state index in [-0.39, 0.29) is 17.7 Å². The molecule has 1 saturated heterocycles. The second kappa shape index (κ2) is 8.39. The van der Waals surface area contributed by atoms with E-state index in [0.29, 0.717) is 6.42 Å². The molecule has 0 bridgehead atoms. The van der Waals surface area contributed by atoms with Crippen molar-refractivity contribution in [2.24, 2.45) is 0 Å². The minimum Gasteiger partial charge on any atom is -0.345 e. The molecule has 5 heteroatoms. The minimum atomic E-state index is -0.449. The summed E-state index contributed by atoms with van der Waals surface area (Å²) < 4.78 is 0. The van der Waals surface area contributed by atoms with E-state index < -0.39 is 6.04 Å². The van der Waals surface area contributed by atoms with Gasteiger partial charge in [-0.25, -0.2) is 0 Å². The lowest BCUT2D eigenvalue weighted by molar-refractivity contribution is -0.135. The first-order valence-corrected chi connectivity index (χ1v) is 9.36. The van der Waals surface area contributed by atoms with Gasteiger partial charge in [0.15, 0.2) is 0 Å². The van der Waals surface area contributed by atoms with Crippen molar-refractivity contribution in [2.45, 2.75) is 39.2 Å². The standard InChI is InChI=1S/C18H26N2O2S/c1-13-6-4-5-7-16(13)14(2)12-17(21)19-15(3)18(22)20-8-10-23-11-9-20/h4-7,14-15H,8-12H2,1-3H3,(H,19,21)/t14-,15-/m1/s1. The van der Waals surface area contributed by atoms with E-state index in [2.05, 4.69) is 31.3 Å². The minimum absolute atomic E-state index is 0.0298. The van der Waals surface area contributed by atoms with Crippen LogP contribution in [0.3, 0.4) is 0 Å². The van der Waals surface area contributed by atoms with Gasteiger partial charge in [0.1, 0.15) is 6.04 Å². The zero-order valence-corrected chi connectivity index (χ0v) is 15.0. The third-order valence-electron chi connectivity index (χ3n) is 4.28. The molecule has 1 heterocycles. The number of hydrogen-bond acceptors (Lipinski definition) is 3. The Kier molecular flexibility index (Phi) is 6.51. The van der Waals surface area contributed by atoms with Gasteiger partial charge in [0, 0.05) is 31.0 Å². The van der Waals surface area contributed by atoms with Gasteiger partial charge in [-0.15, -0.1) is 0 Å². The molecule has 1 aliphatic heterocycles. The van der Waals surface area contributed by atoms with Crippen molar-refractivity contribution >= 4 is 23.6 Å². The van der Waals surface area contributed by atoms with Crippen LogP contribution in [-0.4, -0.2) is 47.4 Å². The zero-order chi connectivity index (χ0) is 16.8. The SMILES string of the molecule is Cc1ccccc1[C@H](C)CC(=O)N[C@H](C)C(=O)N1CCSCC1. The molecular formula is C18H26N2O2S. The highest BCUT2D eigenvalue weighted by Gasteiger charge is 2.24. The van der Waals surface area contributed by atoms with Gasteiger partial charge in [-0.3, -0.25) is 9.59 Å². The van der Waals surface area contributed by atoms with E-state index in [9.17, 15) is 9.59 Å². The zero-order valence-electron chi connectivity index (χ0n) is 14.2. The lowest BCUT2D eigenvalue weighted by atomic mass is 9.93. The fourth-order valence-corrected chi connectivity index (χ4v) is 3.85. The molecule has 1 aliphatic rings. The van der Waals surface area contributed by atoms with Crippen LogP contribution in [-0.2, 0) is 9.59 Å². The number of rotatable bonds is 5. The van der Waals surface area contributed by atoms with Gasteiger partial charge < -0.3 is 10.2 Å². The Labute approximate surface area is 143 Å². The van der Waals surface area contributed by atoms with Crippen molar-refractivity contribution < 1.29 is 9.59 Å². The maximum atomic E-state index is 12.3. The Morgan fingerprint density at radius 2 is 1.87 bits per heavy atom. The Morgan fingerprint density at radius 1 is 1.22 bits per heavy atom. The summed E-state index contributed by atoms with van der Waals surface area (Å²) >= 11 is 1.87. The van der Waals surface area contributed by atoms with Crippen molar-refractivity contribution in [1.29, 1.82) is 0 Å². The first kappa shape index (κ1) is 17.9. The molecule has 126 valence electrons. The van der Waals surface area contributed by atoms with E-state index >= 15 is 0 Å². The number of hydrogen-bond donors (Lipinski definition) is 1. The molecule has 1 fully saturated rings. The molecule has 0 aromatic heterocycles. The Bertz CT molecular complexity index is 556. The van der Waals surface area contributed by atoms with Crippen molar-refractivity contribution in [3.63, 3.8) is 0 Å². The average Bonchev–Trinajstić information content (AvgIpc) is 2.55. The quantitative estimate of drug-likeness (QED) is 0.900. The highest BCUT2D eigenvalue weighted by molar-refractivity contribution is 7.99. The van der Waals surface area contributed by atoms with Crippen LogP contribution >= 0.6 is 11.8 Å². The Balaban J connectivity index is 1.86. The molecule has 4 nitrogen and oxygen atoms in total. The van der Waals surface area contributed by atoms with Crippen LogP contribution in [0.1, 0.15) is 37.3 Å². The van der Waals surface area contributed by atoms with E-state index in [4.69, 9.17) is 0 Å². The third-order valence-corrected chi connectivity index (χ3v) is 5.22. The first-order valence-electron chi connectivity index (χ1n) is 8.20. The molecular weight excluding hydrogens is 308 g/mol. The molecule has 2 rings (SSSR count). The number of carbonyl (C=O) groups is 2. The summed E-state index contributed by atoms with van der Waals surface area (Å²) in [5.74, 6) is 2.08. The van der Waals surface area contributed by atoms with Crippen molar-refractivity contribution in [3.8, 4) is 0 Å². The van der Waals surface area contributed by atoms with Crippen molar-refractivity contribution in [1.82, 2.24) is 10.2 Å². The third kappa shape index (κ3) is 4.99. The van der Waals surface area contributed by atoms with Crippen LogP contribution in [0.15, 0.2) is 24.3 Å². The van der Waals surface area contributed by atoms with Crippen molar-refractivity contribution in [2.75, 3.05) is 24.6 Å². The van der Waals surface area contributed by atoms with Crippen LogP contribution < -0.4 is 5.32 Å². The van der Waals surface area contributed by atoms with Gasteiger partial charge in [0.25, 0.3) is 0 Å². The number of carbonyl (C=O) groups excluding carboxylic acids is 2. The number of nitrogens with zero attached hydrogens (tertiary/aromatic N) is 1. The van der Waals surface area contributed by atoms with Gasteiger partial charge in [0.2, 0.25) is 11.8 Å². The predicted molar refractivity (Wildman–Crippen MR) is 95.7 cm³/mol. The first-order chi connectivity index (χ1) is 11.0. The van der Waals surface area contributed by atoms with Crippen LogP contribution in [0.5, 0.6) is 0 Å². The summed E-state index contributed by atoms with van der Waals surface area (Å²) in [7, 11) is 0. The van der Waals surface area contributed by atoms with Gasteiger partial charge in [0.05, 0.1) is 0 Å². The van der Waals surface area contributed by atoms with Crippen LogP contribution in [0.2, 0.25) is 0 Å². The maximum absolute atomic E-state index is 12.3. The number of thioether (sulfide) groups is 1. The molecule has 0 spiro atoms. The molecule has 0 radical (unpaired) electrons. The fourth-order valence-electron chi connectivity index (χ4n) is 2.95. The maximum Gasteiger partial charge on any atom is 0.244 e. The van der Waals surface area contributed by atoms with Gasteiger partial charge >= 0.3 is 0 Å². The lowest BCUT2D eigenvalue weighted by Gasteiger charge is -2.29. The highest BCUT2D eigenvalue weighted by Crippen LogP contribution is 2.22. The molecule has 2 atom stereocenters. The Morgan fingerprint density at radius 3 is 2.52 bits per heavy atom. The van der Waals surface area contributed by atoms with Gasteiger partial charge in [-0.05, 0) is 30.9 Å². The molecule has 0 unspecified atom stereocenters. The van der Waals surface area contributed by atoms with Crippen LogP contribution in [0, 0.1) is 6.92 Å². The second-order valence-electron chi connectivity index (χ2n) is 6.19. The molecule has 0 aliphatic carbocycles. The lowest BCUT2D eigenvalue weighted by Crippen LogP contribution is -2.49.